The molecule has 0 aliphatic heterocycles. The van der Waals surface area contributed by atoms with Crippen LogP contribution in [0.15, 0.2) is 146 Å². The number of aromatic amines is 1. The molecule has 404 valence electrons. The molecule has 77 heavy (non-hydrogen) atoms. The maximum atomic E-state index is 12.8. The van der Waals surface area contributed by atoms with E-state index >= 15 is 0 Å². The maximum absolute atomic E-state index is 12.8. The number of carboxylic acid groups (broad SMARTS) is 1. The predicted molar refractivity (Wildman–Crippen MR) is 302 cm³/mol. The molecule has 7 aromatic carbocycles. The summed E-state index contributed by atoms with van der Waals surface area (Å²) in [6.07, 6.45) is 2.84. The van der Waals surface area contributed by atoms with Crippen molar-refractivity contribution < 1.29 is 57.5 Å². The van der Waals surface area contributed by atoms with Crippen molar-refractivity contribution in [3.63, 3.8) is 0 Å². The number of hydrogen-bond acceptors (Lipinski definition) is 14. The van der Waals surface area contributed by atoms with E-state index in [1.54, 1.807) is 56.3 Å². The first-order chi connectivity index (χ1) is 35.9. The van der Waals surface area contributed by atoms with Gasteiger partial charge in [0, 0.05) is 66.9 Å². The summed E-state index contributed by atoms with van der Waals surface area (Å²) in [4.78, 5) is 35.5. The second kappa shape index (κ2) is 26.4. The van der Waals surface area contributed by atoms with Gasteiger partial charge >= 0.3 is 5.97 Å². The van der Waals surface area contributed by atoms with Crippen LogP contribution in [0.3, 0.4) is 0 Å². The zero-order valence-corrected chi connectivity index (χ0v) is 46.3. The minimum absolute atomic E-state index is 0. The van der Waals surface area contributed by atoms with Crippen LogP contribution < -0.4 is 25.7 Å². The molecule has 19 heteroatoms. The van der Waals surface area contributed by atoms with Crippen LogP contribution >= 0.6 is 11.9 Å². The largest absolute Gasteiger partial charge is 0.507 e. The summed E-state index contributed by atoms with van der Waals surface area (Å²) in [5.41, 5.74) is 5.50. The van der Waals surface area contributed by atoms with Crippen molar-refractivity contribution in [1.82, 2.24) is 15.1 Å². The van der Waals surface area contributed by atoms with Crippen LogP contribution in [0.4, 0.5) is 22.7 Å². The fourth-order valence-electron chi connectivity index (χ4n) is 8.32. The van der Waals surface area contributed by atoms with Gasteiger partial charge in [-0.3, -0.25) is 15.2 Å². The molecule has 17 nitrogen and oxygen atoms in total. The number of nitrogens with zero attached hydrogens (tertiary/aromatic N) is 4. The van der Waals surface area contributed by atoms with E-state index in [4.69, 9.17) is 9.47 Å². The van der Waals surface area contributed by atoms with E-state index in [0.717, 1.165) is 42.3 Å². The van der Waals surface area contributed by atoms with Gasteiger partial charge in [-0.1, -0.05) is 120 Å². The Labute approximate surface area is 461 Å². The minimum atomic E-state index is -1.23. The van der Waals surface area contributed by atoms with Crippen molar-refractivity contribution in [1.29, 1.82) is 0 Å². The molecule has 0 radical (unpaired) electrons. The van der Waals surface area contributed by atoms with Crippen LogP contribution in [-0.2, 0) is 28.2 Å². The first-order valence-corrected chi connectivity index (χ1v) is 25.4. The van der Waals surface area contributed by atoms with E-state index in [9.17, 15) is 34.9 Å². The van der Waals surface area contributed by atoms with Gasteiger partial charge in [-0.25, -0.2) is 9.48 Å². The van der Waals surface area contributed by atoms with Gasteiger partial charge in [0.15, 0.2) is 17.2 Å². The quantitative estimate of drug-likeness (QED) is 0.00938. The number of carbonyl (C=O) groups is 1. The minimum Gasteiger partial charge on any atom is -0.507 e. The zero-order chi connectivity index (χ0) is 54.0. The molecule has 0 aliphatic rings. The molecule has 0 spiro atoms. The SMILES string of the molecule is CCC(C)(C)c1ccc(OCCCNCOc2cc(Nc3cc(C(=O)O)c(O)cc3C)c3ccccc3c2O)c(C(C)(C)CC)c1.Cc1[nH]n(-c2ccccc2)c(=O)c1N=Nc1c(O)cc(SN=O)c2ccccc12.O.[Cr]. The molecule has 0 atom stereocenters. The summed E-state index contributed by atoms with van der Waals surface area (Å²) in [6.45, 7) is 18.4. The number of aromatic carboxylic acids is 1. The van der Waals surface area contributed by atoms with E-state index in [0.29, 0.717) is 62.5 Å². The van der Waals surface area contributed by atoms with Gasteiger partial charge in [-0.2, -0.15) is 0 Å². The predicted octanol–water partition coefficient (Wildman–Crippen LogP) is 13.5. The van der Waals surface area contributed by atoms with Gasteiger partial charge in [0.2, 0.25) is 0 Å². The van der Waals surface area contributed by atoms with Gasteiger partial charge in [0.25, 0.3) is 5.56 Å². The molecule has 8 rings (SSSR count). The topological polar surface area (TPSA) is 264 Å². The molecule has 1 aromatic heterocycles. The Morgan fingerprint density at radius 2 is 1.36 bits per heavy atom. The monoisotopic (exact) mass is 1100 g/mol. The Balaban J connectivity index is 0.000000303. The molecule has 9 N–H and O–H groups in total. The fraction of sp³-hybridized carbons (Fsp3) is 0.276. The Morgan fingerprint density at radius 3 is 2.03 bits per heavy atom. The van der Waals surface area contributed by atoms with Crippen LogP contribution in [0.1, 0.15) is 93.5 Å². The number of nitroso groups, excluding NO2 is 1. The molecular weight excluding hydrogens is 1040 g/mol. The Bertz CT molecular complexity index is 3450. The summed E-state index contributed by atoms with van der Waals surface area (Å²) in [5.74, 6) is -0.460. The number of phenols is 3. The number of azo groups is 1. The second-order valence-corrected chi connectivity index (χ2v) is 20.1. The van der Waals surface area contributed by atoms with Crippen LogP contribution in [-0.4, -0.2) is 61.5 Å². The summed E-state index contributed by atoms with van der Waals surface area (Å²) in [7, 11) is 0. The number of anilines is 2. The number of aryl methyl sites for hydroxylation is 2. The van der Waals surface area contributed by atoms with Crippen LogP contribution in [0.2, 0.25) is 0 Å². The first kappa shape index (κ1) is 60.2. The first-order valence-electron chi connectivity index (χ1n) is 24.6. The molecule has 0 aliphatic carbocycles. The number of rotatable bonds is 20. The number of phenolic OH excluding ortho intramolecular Hbond substituents is 2. The van der Waals surface area contributed by atoms with Gasteiger partial charge in [-0.15, -0.1) is 15.1 Å². The van der Waals surface area contributed by atoms with Crippen molar-refractivity contribution in [3.05, 3.63) is 165 Å². The molecule has 1 heterocycles. The van der Waals surface area contributed by atoms with Crippen molar-refractivity contribution >= 4 is 62.2 Å². The van der Waals surface area contributed by atoms with Gasteiger partial charge in [-0.05, 0) is 96.9 Å². The van der Waals surface area contributed by atoms with Crippen LogP contribution in [0.25, 0.3) is 27.2 Å². The van der Waals surface area contributed by atoms with E-state index < -0.39 is 5.97 Å². The second-order valence-electron chi connectivity index (χ2n) is 19.3. The van der Waals surface area contributed by atoms with Crippen molar-refractivity contribution in [2.45, 2.75) is 90.4 Å². The molecule has 0 bridgehead atoms. The van der Waals surface area contributed by atoms with E-state index in [1.165, 1.54) is 34.0 Å². The van der Waals surface area contributed by atoms with Gasteiger partial charge in [0.05, 0.1) is 35.6 Å². The fourth-order valence-corrected chi connectivity index (χ4v) is 8.84. The maximum Gasteiger partial charge on any atom is 0.339 e. The summed E-state index contributed by atoms with van der Waals surface area (Å²) in [5, 5.41) is 61.4. The van der Waals surface area contributed by atoms with E-state index in [2.05, 4.69) is 90.3 Å². The molecule has 0 fully saturated rings. The van der Waals surface area contributed by atoms with Crippen molar-refractivity contribution in [2.75, 3.05) is 25.2 Å². The third-order valence-electron chi connectivity index (χ3n) is 13.6. The van der Waals surface area contributed by atoms with Crippen LogP contribution in [0.5, 0.6) is 28.7 Å². The average molecular weight is 1100 g/mol. The third-order valence-corrected chi connectivity index (χ3v) is 14.2. The Morgan fingerprint density at radius 1 is 0.727 bits per heavy atom. The molecule has 0 amide bonds. The normalized spacial score (nSPS) is 11.4. The van der Waals surface area contributed by atoms with Crippen molar-refractivity contribution in [2.24, 2.45) is 14.8 Å². The average Bonchev–Trinajstić information content (AvgIpc) is 3.69. The molecule has 0 unspecified atom stereocenters. The number of para-hydroxylation sites is 1. The van der Waals surface area contributed by atoms with E-state index in [1.807, 2.05) is 42.5 Å². The number of aromatic nitrogens is 2. The van der Waals surface area contributed by atoms with Crippen molar-refractivity contribution in [3.8, 4) is 34.4 Å². The Hall–Kier alpha value is -7.66. The van der Waals surface area contributed by atoms with Gasteiger partial charge in [0.1, 0.15) is 35.2 Å². The Kier molecular flexibility index (Phi) is 20.6. The number of nitrogens with one attached hydrogen (secondary N) is 3. The number of carboxylic acids is 1. The van der Waals surface area contributed by atoms with E-state index in [-0.39, 0.29) is 85.9 Å². The smallest absolute Gasteiger partial charge is 0.339 e. The summed E-state index contributed by atoms with van der Waals surface area (Å²) < 4.78 is 16.5. The molecule has 0 saturated carbocycles. The molecule has 8 aromatic rings. The number of ether oxygens (including phenoxy) is 2. The summed E-state index contributed by atoms with van der Waals surface area (Å²) >= 11 is 0.727. The number of benzene rings is 7. The number of aromatic hydroxyl groups is 3. The molecule has 0 saturated heterocycles. The standard InChI is InChI=1S/C38H48N2O6.C20H15N5O3S.Cr.H2O/c1-8-37(4,5)25-15-16-33(29(20-25)38(6,7)9-2)45-18-12-17-39-23-46-34-22-31(26-13-10-11-14-27(26)35(34)42)40-30-21-28(36(43)44)32(41)19-24(30)3;1-12-18(20(27)25(23-12)13-7-3-2-4-8-13)21-22-19-15-10-6-5-9-14(15)17(29-24-28)11-16(19)26;;/h10-11,13-16,19-22,39-42H,8-9,12,17-18,23H2,1-7H3,(H,43,44);2-11,23,26H,1H3;;1H2. The third kappa shape index (κ3) is 13.9. The summed E-state index contributed by atoms with van der Waals surface area (Å²) in [6, 6.07) is 36.1. The zero-order valence-electron chi connectivity index (χ0n) is 44.2. The molecular formula is C58H65CrN7O10S. The number of H-pyrrole nitrogens is 1. The number of hydrogen-bond donors (Lipinski definition) is 7. The number of fused-ring (bicyclic) bond motifs is 2. The van der Waals surface area contributed by atoms with Crippen LogP contribution in [0, 0.1) is 18.8 Å². The van der Waals surface area contributed by atoms with Gasteiger partial charge < -0.3 is 40.7 Å².